The van der Waals surface area contributed by atoms with Crippen LogP contribution in [-0.2, 0) is 7.05 Å². The van der Waals surface area contributed by atoms with Crippen LogP contribution < -0.4 is 5.73 Å². The smallest absolute Gasteiger partial charge is 0.115 e. The van der Waals surface area contributed by atoms with Crippen molar-refractivity contribution in [2.24, 2.45) is 12.8 Å². The second-order valence-corrected chi connectivity index (χ2v) is 4.52. The van der Waals surface area contributed by atoms with E-state index in [-0.39, 0.29) is 5.92 Å². The van der Waals surface area contributed by atoms with Crippen molar-refractivity contribution in [2.75, 3.05) is 6.54 Å². The van der Waals surface area contributed by atoms with Crippen molar-refractivity contribution in [1.29, 1.82) is 0 Å². The fourth-order valence-corrected chi connectivity index (χ4v) is 2.25. The van der Waals surface area contributed by atoms with Crippen LogP contribution in [0, 0.1) is 0 Å². The van der Waals surface area contributed by atoms with Crippen LogP contribution in [0.15, 0.2) is 36.7 Å². The molecular weight excluding hydrogens is 234 g/mol. The zero-order chi connectivity index (χ0) is 12.3. The van der Waals surface area contributed by atoms with Gasteiger partial charge in [-0.1, -0.05) is 23.7 Å². The molecule has 0 aliphatic rings. The van der Waals surface area contributed by atoms with Gasteiger partial charge in [-0.25, -0.2) is 4.98 Å². The number of nitrogens with zero attached hydrogens (tertiary/aromatic N) is 2. The first kappa shape index (κ1) is 12.1. The maximum Gasteiger partial charge on any atom is 0.115 e. The molecule has 0 radical (unpaired) electrons. The summed E-state index contributed by atoms with van der Waals surface area (Å²) in [5, 5.41) is 0.749. The number of halogens is 1. The van der Waals surface area contributed by atoms with E-state index in [9.17, 15) is 0 Å². The van der Waals surface area contributed by atoms with Crippen LogP contribution in [0.2, 0.25) is 5.02 Å². The van der Waals surface area contributed by atoms with Crippen LogP contribution in [0.1, 0.15) is 23.7 Å². The quantitative estimate of drug-likeness (QED) is 0.905. The number of nitrogens with two attached hydrogens (primary N) is 1. The van der Waals surface area contributed by atoms with Crippen LogP contribution >= 0.6 is 11.6 Å². The Bertz CT molecular complexity index is 493. The van der Waals surface area contributed by atoms with Gasteiger partial charge in [-0.2, -0.15) is 0 Å². The zero-order valence-corrected chi connectivity index (χ0v) is 10.6. The highest BCUT2D eigenvalue weighted by Crippen LogP contribution is 2.27. The van der Waals surface area contributed by atoms with Gasteiger partial charge in [0.1, 0.15) is 5.82 Å². The average molecular weight is 250 g/mol. The van der Waals surface area contributed by atoms with E-state index in [1.165, 1.54) is 0 Å². The van der Waals surface area contributed by atoms with Crippen molar-refractivity contribution in [2.45, 2.75) is 12.3 Å². The van der Waals surface area contributed by atoms with Crippen molar-refractivity contribution in [3.63, 3.8) is 0 Å². The number of imidazole rings is 1. The number of hydrogen-bond acceptors (Lipinski definition) is 2. The van der Waals surface area contributed by atoms with Gasteiger partial charge in [-0.05, 0) is 30.7 Å². The molecule has 0 fully saturated rings. The minimum Gasteiger partial charge on any atom is -0.337 e. The van der Waals surface area contributed by atoms with E-state index in [0.717, 1.165) is 22.8 Å². The molecule has 0 aliphatic heterocycles. The van der Waals surface area contributed by atoms with Gasteiger partial charge in [-0.3, -0.25) is 0 Å². The highest BCUT2D eigenvalue weighted by Gasteiger charge is 2.17. The number of aryl methyl sites for hydroxylation is 1. The maximum absolute atomic E-state index is 6.03. The van der Waals surface area contributed by atoms with Gasteiger partial charge in [0.2, 0.25) is 0 Å². The Labute approximate surface area is 106 Å². The SMILES string of the molecule is Cn1ccnc1C(CCN)c1cccc(Cl)c1. The molecule has 1 atom stereocenters. The van der Waals surface area contributed by atoms with E-state index in [1.54, 1.807) is 0 Å². The molecule has 1 unspecified atom stereocenters. The fraction of sp³-hybridized carbons (Fsp3) is 0.308. The molecule has 1 aromatic carbocycles. The molecule has 0 amide bonds. The molecule has 2 aromatic rings. The van der Waals surface area contributed by atoms with Crippen LogP contribution in [0.3, 0.4) is 0 Å². The third kappa shape index (κ3) is 2.68. The molecule has 0 bridgehead atoms. The van der Waals surface area contributed by atoms with Crippen LogP contribution in [0.25, 0.3) is 0 Å². The fourth-order valence-electron chi connectivity index (χ4n) is 2.05. The van der Waals surface area contributed by atoms with Gasteiger partial charge in [0.15, 0.2) is 0 Å². The molecule has 2 rings (SSSR count). The van der Waals surface area contributed by atoms with Gasteiger partial charge in [0.05, 0.1) is 0 Å². The number of rotatable bonds is 4. The number of hydrogen-bond donors (Lipinski definition) is 1. The Morgan fingerprint density at radius 1 is 1.47 bits per heavy atom. The first-order chi connectivity index (χ1) is 8.22. The summed E-state index contributed by atoms with van der Waals surface area (Å²) in [6.07, 6.45) is 4.62. The monoisotopic (exact) mass is 249 g/mol. The van der Waals surface area contributed by atoms with Gasteiger partial charge in [-0.15, -0.1) is 0 Å². The Morgan fingerprint density at radius 2 is 2.29 bits per heavy atom. The summed E-state index contributed by atoms with van der Waals surface area (Å²) in [5.41, 5.74) is 6.86. The molecule has 1 heterocycles. The Morgan fingerprint density at radius 3 is 2.88 bits per heavy atom. The first-order valence-electron chi connectivity index (χ1n) is 5.65. The van der Waals surface area contributed by atoms with E-state index in [1.807, 2.05) is 42.2 Å². The minimum absolute atomic E-state index is 0.207. The molecular formula is C13H16ClN3. The lowest BCUT2D eigenvalue weighted by atomic mass is 9.95. The van der Waals surface area contributed by atoms with E-state index >= 15 is 0 Å². The lowest BCUT2D eigenvalue weighted by molar-refractivity contribution is 0.648. The molecule has 0 saturated carbocycles. The molecule has 3 nitrogen and oxygen atoms in total. The third-order valence-corrected chi connectivity index (χ3v) is 3.11. The molecule has 0 saturated heterocycles. The predicted octanol–water partition coefficient (Wildman–Crippen LogP) is 2.55. The van der Waals surface area contributed by atoms with Gasteiger partial charge in [0.25, 0.3) is 0 Å². The summed E-state index contributed by atoms with van der Waals surface area (Å²) < 4.78 is 2.03. The highest BCUT2D eigenvalue weighted by atomic mass is 35.5. The van der Waals surface area contributed by atoms with E-state index in [2.05, 4.69) is 11.1 Å². The standard InChI is InChI=1S/C13H16ClN3/c1-17-8-7-16-13(17)12(5-6-15)10-3-2-4-11(14)9-10/h2-4,7-9,12H,5-6,15H2,1H3. The summed E-state index contributed by atoms with van der Waals surface area (Å²) in [4.78, 5) is 4.41. The normalized spacial score (nSPS) is 12.6. The summed E-state index contributed by atoms with van der Waals surface area (Å²) >= 11 is 6.03. The molecule has 0 spiro atoms. The van der Waals surface area contributed by atoms with Crippen molar-refractivity contribution in [3.8, 4) is 0 Å². The van der Waals surface area contributed by atoms with E-state index < -0.39 is 0 Å². The van der Waals surface area contributed by atoms with Crippen molar-refractivity contribution in [3.05, 3.63) is 53.1 Å². The number of benzene rings is 1. The van der Waals surface area contributed by atoms with E-state index in [4.69, 9.17) is 17.3 Å². The average Bonchev–Trinajstić information content (AvgIpc) is 2.72. The number of aromatic nitrogens is 2. The zero-order valence-electron chi connectivity index (χ0n) is 9.81. The van der Waals surface area contributed by atoms with Crippen LogP contribution in [0.5, 0.6) is 0 Å². The molecule has 0 aliphatic carbocycles. The Balaban J connectivity index is 2.39. The first-order valence-corrected chi connectivity index (χ1v) is 6.03. The van der Waals surface area contributed by atoms with Crippen LogP contribution in [-0.4, -0.2) is 16.1 Å². The van der Waals surface area contributed by atoms with Gasteiger partial charge < -0.3 is 10.3 Å². The topological polar surface area (TPSA) is 43.8 Å². The largest absolute Gasteiger partial charge is 0.337 e. The molecule has 90 valence electrons. The highest BCUT2D eigenvalue weighted by molar-refractivity contribution is 6.30. The molecule has 17 heavy (non-hydrogen) atoms. The molecule has 2 N–H and O–H groups in total. The third-order valence-electron chi connectivity index (χ3n) is 2.88. The summed E-state index contributed by atoms with van der Waals surface area (Å²) in [5.74, 6) is 1.23. The second-order valence-electron chi connectivity index (χ2n) is 4.08. The Kier molecular flexibility index (Phi) is 3.82. The summed E-state index contributed by atoms with van der Waals surface area (Å²) in [6, 6.07) is 7.89. The minimum atomic E-state index is 0.207. The van der Waals surface area contributed by atoms with Crippen molar-refractivity contribution < 1.29 is 0 Å². The van der Waals surface area contributed by atoms with Crippen molar-refractivity contribution >= 4 is 11.6 Å². The lowest BCUT2D eigenvalue weighted by Crippen LogP contribution is -2.12. The van der Waals surface area contributed by atoms with Crippen LogP contribution in [0.4, 0.5) is 0 Å². The van der Waals surface area contributed by atoms with Gasteiger partial charge >= 0.3 is 0 Å². The lowest BCUT2D eigenvalue weighted by Gasteiger charge is -2.16. The maximum atomic E-state index is 6.03. The predicted molar refractivity (Wildman–Crippen MR) is 70.2 cm³/mol. The van der Waals surface area contributed by atoms with E-state index in [0.29, 0.717) is 6.54 Å². The molecule has 4 heteroatoms. The molecule has 1 aromatic heterocycles. The second kappa shape index (κ2) is 5.34. The van der Waals surface area contributed by atoms with Crippen molar-refractivity contribution in [1.82, 2.24) is 9.55 Å². The summed E-state index contributed by atoms with van der Waals surface area (Å²) in [6.45, 7) is 0.629. The Hall–Kier alpha value is -1.32. The van der Waals surface area contributed by atoms with Gasteiger partial charge in [0, 0.05) is 30.4 Å². The summed E-state index contributed by atoms with van der Waals surface area (Å²) in [7, 11) is 2.00.